The van der Waals surface area contributed by atoms with Gasteiger partial charge in [-0.1, -0.05) is 18.6 Å². The van der Waals surface area contributed by atoms with E-state index < -0.39 is 15.8 Å². The first-order chi connectivity index (χ1) is 15.3. The Balaban J connectivity index is 1.43. The minimum absolute atomic E-state index is 0.0155. The molecule has 0 unspecified atom stereocenters. The van der Waals surface area contributed by atoms with Crippen LogP contribution in [0, 0.1) is 6.92 Å². The summed E-state index contributed by atoms with van der Waals surface area (Å²) in [6.07, 6.45) is 2.72. The van der Waals surface area contributed by atoms with Crippen molar-refractivity contribution in [2.24, 2.45) is 0 Å². The molecule has 1 aromatic carbocycles. The Bertz CT molecular complexity index is 1260. The van der Waals surface area contributed by atoms with E-state index in [9.17, 15) is 18.0 Å². The van der Waals surface area contributed by atoms with E-state index in [1.54, 1.807) is 25.1 Å². The maximum absolute atomic E-state index is 13.1. The van der Waals surface area contributed by atoms with Crippen LogP contribution in [-0.4, -0.2) is 41.5 Å². The van der Waals surface area contributed by atoms with Gasteiger partial charge in [-0.15, -0.1) is 16.4 Å². The molecule has 9 nitrogen and oxygen atoms in total. The van der Waals surface area contributed by atoms with Gasteiger partial charge in [-0.3, -0.25) is 4.79 Å². The Morgan fingerprint density at radius 1 is 1.22 bits per heavy atom. The van der Waals surface area contributed by atoms with Crippen molar-refractivity contribution in [2.45, 2.75) is 44.0 Å². The number of rotatable bonds is 7. The number of carbonyl (C=O) groups is 1. The van der Waals surface area contributed by atoms with Crippen molar-refractivity contribution >= 4 is 33.0 Å². The van der Waals surface area contributed by atoms with Gasteiger partial charge >= 0.3 is 5.76 Å². The lowest BCUT2D eigenvalue weighted by Gasteiger charge is -2.26. The van der Waals surface area contributed by atoms with Crippen LogP contribution in [0.2, 0.25) is 0 Å². The molecular weight excluding hydrogens is 452 g/mol. The molecular formula is C21H24N4O5S2. The Morgan fingerprint density at radius 3 is 2.72 bits per heavy atom. The fourth-order valence-electron chi connectivity index (χ4n) is 3.58. The van der Waals surface area contributed by atoms with Crippen LogP contribution < -0.4 is 11.1 Å². The van der Waals surface area contributed by atoms with Crippen LogP contribution >= 0.6 is 11.3 Å². The van der Waals surface area contributed by atoms with E-state index in [4.69, 9.17) is 4.42 Å². The molecule has 1 aliphatic heterocycles. The van der Waals surface area contributed by atoms with Gasteiger partial charge in [0.25, 0.3) is 5.89 Å². The van der Waals surface area contributed by atoms with Crippen LogP contribution in [0.4, 0.5) is 5.69 Å². The normalized spacial score (nSPS) is 15.0. The maximum atomic E-state index is 13.1. The number of aromatic nitrogens is 2. The predicted molar refractivity (Wildman–Crippen MR) is 121 cm³/mol. The average molecular weight is 477 g/mol. The minimum Gasteiger partial charge on any atom is -0.387 e. The average Bonchev–Trinajstić information content (AvgIpc) is 3.44. The van der Waals surface area contributed by atoms with Crippen LogP contribution in [0.25, 0.3) is 10.8 Å². The van der Waals surface area contributed by atoms with Gasteiger partial charge in [0, 0.05) is 25.2 Å². The molecule has 2 aromatic heterocycles. The molecule has 0 bridgehead atoms. The van der Waals surface area contributed by atoms with Crippen LogP contribution in [0.1, 0.15) is 31.2 Å². The van der Waals surface area contributed by atoms with Crippen LogP contribution in [0.5, 0.6) is 0 Å². The number of hydrogen-bond acceptors (Lipinski definition) is 7. The van der Waals surface area contributed by atoms with Crippen molar-refractivity contribution in [1.29, 1.82) is 0 Å². The number of thiophene rings is 1. The summed E-state index contributed by atoms with van der Waals surface area (Å²) in [5.74, 6) is -0.773. The molecule has 0 spiro atoms. The third kappa shape index (κ3) is 4.84. The standard InChI is InChI=1S/C21H24N4O5S2/c1-15-7-8-16(14-18(15)32(28,29)24-10-3-2-4-11-24)22-19(26)9-12-25-21(27)30-20(23-25)17-6-5-13-31-17/h5-8,13-14H,2-4,9-12H2,1H3,(H,22,26). The summed E-state index contributed by atoms with van der Waals surface area (Å²) in [7, 11) is -3.62. The first-order valence-corrected chi connectivity index (χ1v) is 12.7. The van der Waals surface area contributed by atoms with Gasteiger partial charge in [0.2, 0.25) is 15.9 Å². The molecule has 0 radical (unpaired) electrons. The molecule has 0 saturated carbocycles. The molecule has 0 atom stereocenters. The number of anilines is 1. The zero-order valence-corrected chi connectivity index (χ0v) is 19.2. The van der Waals surface area contributed by atoms with Gasteiger partial charge in [-0.25, -0.2) is 13.2 Å². The molecule has 170 valence electrons. The summed E-state index contributed by atoms with van der Waals surface area (Å²) < 4.78 is 33.9. The summed E-state index contributed by atoms with van der Waals surface area (Å²) in [6.45, 7) is 2.81. The number of nitrogens with one attached hydrogen (secondary N) is 1. The summed E-state index contributed by atoms with van der Waals surface area (Å²) in [5, 5.41) is 8.69. The highest BCUT2D eigenvalue weighted by Crippen LogP contribution is 2.26. The Kier molecular flexibility index (Phi) is 6.58. The smallest absolute Gasteiger partial charge is 0.387 e. The molecule has 1 fully saturated rings. The van der Waals surface area contributed by atoms with E-state index in [1.807, 2.05) is 11.4 Å². The summed E-state index contributed by atoms with van der Waals surface area (Å²) in [6, 6.07) is 8.46. The lowest BCUT2D eigenvalue weighted by molar-refractivity contribution is -0.116. The van der Waals surface area contributed by atoms with Gasteiger partial charge in [-0.2, -0.15) is 8.99 Å². The summed E-state index contributed by atoms with van der Waals surface area (Å²) in [4.78, 5) is 25.4. The van der Waals surface area contributed by atoms with Gasteiger partial charge in [-0.05, 0) is 48.9 Å². The van der Waals surface area contributed by atoms with Crippen molar-refractivity contribution in [3.05, 3.63) is 51.8 Å². The third-order valence-electron chi connectivity index (χ3n) is 5.29. The van der Waals surface area contributed by atoms with Gasteiger partial charge in [0.15, 0.2) is 0 Å². The van der Waals surface area contributed by atoms with Crippen molar-refractivity contribution < 1.29 is 17.6 Å². The predicted octanol–water partition coefficient (Wildman–Crippen LogP) is 3.08. The molecule has 1 aliphatic rings. The molecule has 32 heavy (non-hydrogen) atoms. The highest BCUT2D eigenvalue weighted by atomic mass is 32.2. The molecule has 1 N–H and O–H groups in total. The lowest BCUT2D eigenvalue weighted by Crippen LogP contribution is -2.36. The summed E-state index contributed by atoms with van der Waals surface area (Å²) in [5.41, 5.74) is 1.02. The lowest BCUT2D eigenvalue weighted by atomic mass is 10.2. The second-order valence-electron chi connectivity index (χ2n) is 7.62. The van der Waals surface area contributed by atoms with Crippen molar-refractivity contribution in [3.63, 3.8) is 0 Å². The quantitative estimate of drug-likeness (QED) is 0.560. The van der Waals surface area contributed by atoms with Crippen LogP contribution in [0.15, 0.2) is 49.8 Å². The molecule has 11 heteroatoms. The van der Waals surface area contributed by atoms with E-state index in [0.29, 0.717) is 24.3 Å². The minimum atomic E-state index is -3.62. The number of benzene rings is 1. The molecule has 3 heterocycles. The molecule has 1 amide bonds. The van der Waals surface area contributed by atoms with Crippen molar-refractivity contribution in [2.75, 3.05) is 18.4 Å². The fourth-order valence-corrected chi connectivity index (χ4v) is 5.99. The van der Waals surface area contributed by atoms with E-state index in [1.165, 1.54) is 21.7 Å². The number of sulfonamides is 1. The largest absolute Gasteiger partial charge is 0.437 e. The van der Waals surface area contributed by atoms with Gasteiger partial charge < -0.3 is 9.73 Å². The van der Waals surface area contributed by atoms with E-state index in [0.717, 1.165) is 28.8 Å². The SMILES string of the molecule is Cc1ccc(NC(=O)CCn2nc(-c3cccs3)oc2=O)cc1S(=O)(=O)N1CCCCC1. The number of piperidine rings is 1. The number of nitrogens with zero attached hydrogens (tertiary/aromatic N) is 3. The first-order valence-electron chi connectivity index (χ1n) is 10.4. The maximum Gasteiger partial charge on any atom is 0.437 e. The molecule has 4 rings (SSSR count). The Hall–Kier alpha value is -2.76. The second-order valence-corrected chi connectivity index (χ2v) is 10.5. The van der Waals surface area contributed by atoms with Crippen molar-refractivity contribution in [1.82, 2.24) is 14.1 Å². The number of carbonyl (C=O) groups excluding carboxylic acids is 1. The number of aryl methyl sites for hydroxylation is 2. The van der Waals surface area contributed by atoms with E-state index in [2.05, 4.69) is 10.4 Å². The monoisotopic (exact) mass is 476 g/mol. The zero-order chi connectivity index (χ0) is 22.7. The highest BCUT2D eigenvalue weighted by molar-refractivity contribution is 7.89. The van der Waals surface area contributed by atoms with E-state index >= 15 is 0 Å². The summed E-state index contributed by atoms with van der Waals surface area (Å²) >= 11 is 1.40. The molecule has 1 saturated heterocycles. The van der Waals surface area contributed by atoms with Crippen LogP contribution in [0.3, 0.4) is 0 Å². The highest BCUT2D eigenvalue weighted by Gasteiger charge is 2.27. The van der Waals surface area contributed by atoms with E-state index in [-0.39, 0.29) is 29.7 Å². The van der Waals surface area contributed by atoms with Gasteiger partial charge in [0.05, 0.1) is 16.3 Å². The zero-order valence-electron chi connectivity index (χ0n) is 17.6. The van der Waals surface area contributed by atoms with Gasteiger partial charge in [0.1, 0.15) is 0 Å². The molecule has 3 aromatic rings. The second kappa shape index (κ2) is 9.39. The Morgan fingerprint density at radius 2 is 2.00 bits per heavy atom. The van der Waals surface area contributed by atoms with Crippen molar-refractivity contribution in [3.8, 4) is 10.8 Å². The molecule has 0 aliphatic carbocycles. The first kappa shape index (κ1) is 22.4. The number of hydrogen-bond donors (Lipinski definition) is 1. The fraction of sp³-hybridized carbons (Fsp3) is 0.381. The van der Waals surface area contributed by atoms with Crippen LogP contribution in [-0.2, 0) is 21.4 Å². The topological polar surface area (TPSA) is 115 Å². The Labute approximate surface area is 189 Å². The number of amides is 1. The third-order valence-corrected chi connectivity index (χ3v) is 8.19.